The van der Waals surface area contributed by atoms with Gasteiger partial charge in [-0.05, 0) is 60.0 Å². The summed E-state index contributed by atoms with van der Waals surface area (Å²) in [5, 5.41) is 1.81. The highest BCUT2D eigenvalue weighted by Crippen LogP contribution is 2.22. The maximum absolute atomic E-state index is 12.9. The molecule has 0 saturated carbocycles. The number of anilines is 1. The van der Waals surface area contributed by atoms with E-state index in [0.29, 0.717) is 0 Å². The molecular weight excluding hydrogens is 372 g/mol. The van der Waals surface area contributed by atoms with Gasteiger partial charge in [-0.2, -0.15) is 4.31 Å². The summed E-state index contributed by atoms with van der Waals surface area (Å²) in [6.07, 6.45) is 0. The van der Waals surface area contributed by atoms with Crippen LogP contribution in [0.1, 0.15) is 11.1 Å². The molecule has 0 aliphatic heterocycles. The number of nitrogens with zero attached hydrogens (tertiary/aromatic N) is 2. The Labute approximate surface area is 166 Å². The van der Waals surface area contributed by atoms with Gasteiger partial charge in [0.2, 0.25) is 15.9 Å². The molecule has 146 valence electrons. The molecule has 0 N–H and O–H groups in total. The van der Waals surface area contributed by atoms with E-state index >= 15 is 0 Å². The van der Waals surface area contributed by atoms with Crippen LogP contribution in [0.5, 0.6) is 0 Å². The summed E-state index contributed by atoms with van der Waals surface area (Å²) in [7, 11) is -0.687. The van der Waals surface area contributed by atoms with E-state index in [1.807, 2.05) is 56.3 Å². The van der Waals surface area contributed by atoms with Crippen LogP contribution in [-0.4, -0.2) is 39.3 Å². The number of aryl methyl sites for hydroxylation is 2. The first kappa shape index (κ1) is 20.0. The Morgan fingerprint density at radius 2 is 1.54 bits per heavy atom. The molecule has 0 unspecified atom stereocenters. The lowest BCUT2D eigenvalue weighted by Gasteiger charge is -2.22. The van der Waals surface area contributed by atoms with Crippen LogP contribution in [-0.2, 0) is 14.8 Å². The van der Waals surface area contributed by atoms with E-state index in [4.69, 9.17) is 0 Å². The summed E-state index contributed by atoms with van der Waals surface area (Å²) < 4.78 is 26.9. The Bertz CT molecular complexity index is 1140. The third-order valence-corrected chi connectivity index (χ3v) is 6.84. The average Bonchev–Trinajstić information content (AvgIpc) is 2.68. The predicted octanol–water partition coefficient (Wildman–Crippen LogP) is 3.74. The summed E-state index contributed by atoms with van der Waals surface area (Å²) in [4.78, 5) is 14.3. The van der Waals surface area contributed by atoms with E-state index in [1.54, 1.807) is 25.2 Å². The molecule has 5 nitrogen and oxygen atoms in total. The lowest BCUT2D eigenvalue weighted by Crippen LogP contribution is -2.39. The largest absolute Gasteiger partial charge is 0.314 e. The van der Waals surface area contributed by atoms with Gasteiger partial charge in [0.25, 0.3) is 0 Å². The van der Waals surface area contributed by atoms with Crippen LogP contribution in [0.3, 0.4) is 0 Å². The van der Waals surface area contributed by atoms with Crippen molar-refractivity contribution >= 4 is 32.4 Å². The number of rotatable bonds is 5. The third kappa shape index (κ3) is 3.93. The number of amides is 1. The molecule has 0 bridgehead atoms. The smallest absolute Gasteiger partial charge is 0.243 e. The molecule has 6 heteroatoms. The molecule has 3 rings (SSSR count). The first-order chi connectivity index (χ1) is 13.2. The van der Waals surface area contributed by atoms with Crippen LogP contribution in [0.4, 0.5) is 5.69 Å². The van der Waals surface area contributed by atoms with Gasteiger partial charge in [-0.1, -0.05) is 36.4 Å². The average molecular weight is 397 g/mol. The number of fused-ring (bicyclic) bond motifs is 1. The molecule has 0 aromatic heterocycles. The number of hydrogen-bond donors (Lipinski definition) is 0. The van der Waals surface area contributed by atoms with Gasteiger partial charge < -0.3 is 4.90 Å². The van der Waals surface area contributed by atoms with Crippen molar-refractivity contribution in [3.8, 4) is 0 Å². The van der Waals surface area contributed by atoms with Crippen molar-refractivity contribution in [2.75, 3.05) is 25.5 Å². The van der Waals surface area contributed by atoms with Crippen molar-refractivity contribution in [3.63, 3.8) is 0 Å². The second kappa shape index (κ2) is 7.73. The molecule has 1 amide bonds. The predicted molar refractivity (Wildman–Crippen MR) is 113 cm³/mol. The molecular formula is C22H24N2O3S. The highest BCUT2D eigenvalue weighted by molar-refractivity contribution is 7.89. The summed E-state index contributed by atoms with van der Waals surface area (Å²) in [5.74, 6) is -0.296. The molecule has 0 radical (unpaired) electrons. The second-order valence-electron chi connectivity index (χ2n) is 6.99. The van der Waals surface area contributed by atoms with E-state index < -0.39 is 10.0 Å². The van der Waals surface area contributed by atoms with Crippen molar-refractivity contribution in [1.29, 1.82) is 0 Å². The summed E-state index contributed by atoms with van der Waals surface area (Å²) in [6, 6.07) is 18.3. The maximum Gasteiger partial charge on any atom is 0.243 e. The van der Waals surface area contributed by atoms with Crippen LogP contribution in [0.15, 0.2) is 65.6 Å². The Morgan fingerprint density at radius 1 is 0.857 bits per heavy atom. The summed E-state index contributed by atoms with van der Waals surface area (Å²) >= 11 is 0. The van der Waals surface area contributed by atoms with Crippen LogP contribution >= 0.6 is 0 Å². The number of hydrogen-bond acceptors (Lipinski definition) is 3. The van der Waals surface area contributed by atoms with Gasteiger partial charge in [-0.3, -0.25) is 4.79 Å². The molecule has 0 fully saturated rings. The topological polar surface area (TPSA) is 57.7 Å². The molecule has 0 spiro atoms. The Morgan fingerprint density at radius 3 is 2.21 bits per heavy atom. The molecule has 0 saturated heterocycles. The van der Waals surface area contributed by atoms with Crippen LogP contribution in [0.25, 0.3) is 10.8 Å². The third-order valence-electron chi connectivity index (χ3n) is 5.04. The van der Waals surface area contributed by atoms with Gasteiger partial charge in [0.15, 0.2) is 0 Å². The SMILES string of the molecule is Cc1ccc(N(C)C(=O)CN(C)S(=O)(=O)c2ccc3ccccc3c2)cc1C. The highest BCUT2D eigenvalue weighted by atomic mass is 32.2. The van der Waals surface area contributed by atoms with Crippen LogP contribution in [0, 0.1) is 13.8 Å². The zero-order valence-corrected chi connectivity index (χ0v) is 17.3. The van der Waals surface area contributed by atoms with E-state index in [2.05, 4.69) is 0 Å². The molecule has 3 aromatic rings. The van der Waals surface area contributed by atoms with Gasteiger partial charge >= 0.3 is 0 Å². The number of carbonyl (C=O) groups excluding carboxylic acids is 1. The van der Waals surface area contributed by atoms with Gasteiger partial charge in [0, 0.05) is 19.8 Å². The number of benzene rings is 3. The molecule has 0 aliphatic carbocycles. The second-order valence-corrected chi connectivity index (χ2v) is 9.04. The lowest BCUT2D eigenvalue weighted by atomic mass is 10.1. The fraction of sp³-hybridized carbons (Fsp3) is 0.227. The van der Waals surface area contributed by atoms with Crippen LogP contribution in [0.2, 0.25) is 0 Å². The minimum Gasteiger partial charge on any atom is -0.314 e. The van der Waals surface area contributed by atoms with Crippen molar-refractivity contribution in [2.45, 2.75) is 18.7 Å². The number of carbonyl (C=O) groups is 1. The Kier molecular flexibility index (Phi) is 5.54. The standard InChI is InChI=1S/C22H24N2O3S/c1-16-9-11-20(13-17(16)2)24(4)22(25)15-23(3)28(26,27)21-12-10-18-7-5-6-8-19(18)14-21/h5-14H,15H2,1-4H3. The zero-order chi connectivity index (χ0) is 20.5. The molecule has 0 heterocycles. The van der Waals surface area contributed by atoms with E-state index in [9.17, 15) is 13.2 Å². The Balaban J connectivity index is 1.80. The Hall–Kier alpha value is -2.70. The number of sulfonamides is 1. The normalized spacial score (nSPS) is 11.8. The molecule has 0 aliphatic rings. The highest BCUT2D eigenvalue weighted by Gasteiger charge is 2.25. The van der Waals surface area contributed by atoms with Crippen molar-refractivity contribution in [3.05, 3.63) is 71.8 Å². The summed E-state index contributed by atoms with van der Waals surface area (Å²) in [5.41, 5.74) is 2.96. The van der Waals surface area contributed by atoms with Gasteiger partial charge in [-0.25, -0.2) is 8.42 Å². The van der Waals surface area contributed by atoms with Crippen molar-refractivity contribution in [1.82, 2.24) is 4.31 Å². The summed E-state index contributed by atoms with van der Waals surface area (Å²) in [6.45, 7) is 3.75. The fourth-order valence-electron chi connectivity index (χ4n) is 2.97. The molecule has 0 atom stereocenters. The van der Waals surface area contributed by atoms with E-state index in [0.717, 1.165) is 31.9 Å². The van der Waals surface area contributed by atoms with E-state index in [-0.39, 0.29) is 17.3 Å². The van der Waals surface area contributed by atoms with Gasteiger partial charge in [0.1, 0.15) is 0 Å². The first-order valence-electron chi connectivity index (χ1n) is 8.99. The van der Waals surface area contributed by atoms with Gasteiger partial charge in [-0.15, -0.1) is 0 Å². The fourth-order valence-corrected chi connectivity index (χ4v) is 4.12. The molecule has 28 heavy (non-hydrogen) atoms. The molecule has 3 aromatic carbocycles. The number of likely N-dealkylation sites (N-methyl/N-ethyl adjacent to an activating group) is 2. The quantitative estimate of drug-likeness (QED) is 0.660. The van der Waals surface area contributed by atoms with Gasteiger partial charge in [0.05, 0.1) is 11.4 Å². The van der Waals surface area contributed by atoms with Crippen molar-refractivity contribution in [2.24, 2.45) is 0 Å². The maximum atomic E-state index is 12.9. The monoisotopic (exact) mass is 396 g/mol. The first-order valence-corrected chi connectivity index (χ1v) is 10.4. The zero-order valence-electron chi connectivity index (χ0n) is 16.5. The van der Waals surface area contributed by atoms with E-state index in [1.165, 1.54) is 11.9 Å². The minimum atomic E-state index is -3.77. The van der Waals surface area contributed by atoms with Crippen LogP contribution < -0.4 is 4.90 Å². The minimum absolute atomic E-state index is 0.176. The lowest BCUT2D eigenvalue weighted by molar-refractivity contribution is -0.118. The van der Waals surface area contributed by atoms with Crippen molar-refractivity contribution < 1.29 is 13.2 Å².